The van der Waals surface area contributed by atoms with Gasteiger partial charge in [0.2, 0.25) is 5.91 Å². The van der Waals surface area contributed by atoms with Crippen LogP contribution in [0.2, 0.25) is 0 Å². The van der Waals surface area contributed by atoms with Crippen LogP contribution >= 0.6 is 11.3 Å². The van der Waals surface area contributed by atoms with E-state index in [9.17, 15) is 9.18 Å². The van der Waals surface area contributed by atoms with Gasteiger partial charge in [-0.3, -0.25) is 4.79 Å². The van der Waals surface area contributed by atoms with Crippen LogP contribution < -0.4 is 5.32 Å². The van der Waals surface area contributed by atoms with E-state index in [1.165, 1.54) is 23.8 Å². The fraction of sp³-hybridized carbons (Fsp3) is 0.222. The van der Waals surface area contributed by atoms with Gasteiger partial charge in [0.1, 0.15) is 22.8 Å². The number of halogens is 1. The van der Waals surface area contributed by atoms with Gasteiger partial charge in [0.15, 0.2) is 0 Å². The number of anilines is 1. The maximum atomic E-state index is 13.5. The highest BCUT2D eigenvalue weighted by molar-refractivity contribution is 7.19. The molecule has 0 fully saturated rings. The Hall–Kier alpha value is -3.62. The lowest BCUT2D eigenvalue weighted by atomic mass is 10.0. The number of nitrogens with one attached hydrogen (secondary N) is 1. The third kappa shape index (κ3) is 5.08. The molecule has 0 bridgehead atoms. The number of nitrogens with zero attached hydrogens (tertiary/aromatic N) is 3. The molecule has 2 aromatic heterocycles. The van der Waals surface area contributed by atoms with Gasteiger partial charge >= 0.3 is 0 Å². The van der Waals surface area contributed by atoms with Gasteiger partial charge in [-0.2, -0.15) is 0 Å². The second-order valence-corrected chi connectivity index (χ2v) is 9.46. The molecule has 3 heterocycles. The number of benzene rings is 2. The van der Waals surface area contributed by atoms with Crippen molar-refractivity contribution in [1.82, 2.24) is 14.9 Å². The number of amides is 1. The molecule has 35 heavy (non-hydrogen) atoms. The molecule has 0 saturated carbocycles. The van der Waals surface area contributed by atoms with Crippen molar-refractivity contribution in [2.24, 2.45) is 0 Å². The zero-order chi connectivity index (χ0) is 24.2. The zero-order valence-corrected chi connectivity index (χ0v) is 19.9. The minimum Gasteiger partial charge on any atom is -0.374 e. The lowest BCUT2D eigenvalue weighted by Crippen LogP contribution is -2.34. The molecule has 1 amide bonds. The van der Waals surface area contributed by atoms with E-state index in [1.54, 1.807) is 28.6 Å². The van der Waals surface area contributed by atoms with Crippen LogP contribution in [0, 0.1) is 5.82 Å². The molecule has 1 atom stereocenters. The van der Waals surface area contributed by atoms with Gasteiger partial charge in [-0.25, -0.2) is 14.4 Å². The molecule has 178 valence electrons. The Labute approximate surface area is 207 Å². The van der Waals surface area contributed by atoms with Crippen LogP contribution in [-0.4, -0.2) is 33.9 Å². The molecule has 1 N–H and O–H groups in total. The van der Waals surface area contributed by atoms with Crippen LogP contribution in [0.1, 0.15) is 27.6 Å². The van der Waals surface area contributed by atoms with Crippen molar-refractivity contribution in [2.75, 3.05) is 18.5 Å². The fourth-order valence-electron chi connectivity index (χ4n) is 4.35. The molecule has 4 aromatic rings. The Morgan fingerprint density at radius 3 is 2.89 bits per heavy atom. The van der Waals surface area contributed by atoms with E-state index in [-0.39, 0.29) is 17.8 Å². The van der Waals surface area contributed by atoms with E-state index >= 15 is 0 Å². The maximum absolute atomic E-state index is 13.5. The number of carbonyl (C=O) groups excluding carboxylic acids is 1. The Morgan fingerprint density at radius 1 is 1.23 bits per heavy atom. The third-order valence-electron chi connectivity index (χ3n) is 6.08. The van der Waals surface area contributed by atoms with Crippen molar-refractivity contribution in [2.45, 2.75) is 25.6 Å². The smallest absolute Gasteiger partial charge is 0.246 e. The highest BCUT2D eigenvalue weighted by atomic mass is 32.1. The van der Waals surface area contributed by atoms with E-state index in [0.717, 1.165) is 38.5 Å². The lowest BCUT2D eigenvalue weighted by molar-refractivity contribution is -0.126. The molecule has 6 nitrogen and oxygen atoms in total. The summed E-state index contributed by atoms with van der Waals surface area (Å²) >= 11 is 1.60. The average molecular weight is 489 g/mol. The molecule has 0 saturated heterocycles. The van der Waals surface area contributed by atoms with E-state index in [1.807, 2.05) is 36.4 Å². The number of fused-ring (bicyclic) bond motifs is 3. The van der Waals surface area contributed by atoms with Crippen LogP contribution in [0.5, 0.6) is 0 Å². The molecule has 5 rings (SSSR count). The first-order valence-electron chi connectivity index (χ1n) is 11.4. The molecular weight excluding hydrogens is 463 g/mol. The van der Waals surface area contributed by atoms with Crippen LogP contribution in [-0.2, 0) is 29.1 Å². The molecule has 0 radical (unpaired) electrons. The summed E-state index contributed by atoms with van der Waals surface area (Å²) in [6.45, 7) is 5.48. The second kappa shape index (κ2) is 10.3. The molecule has 1 aliphatic rings. The molecule has 2 aromatic carbocycles. The SMILES string of the molecule is C=CC(=O)N1CCc2c(sc3ncnc(NC(COCc4cccc(F)c4)c4ccccc4)c23)C1. The van der Waals surface area contributed by atoms with Gasteiger partial charge < -0.3 is 15.0 Å². The van der Waals surface area contributed by atoms with E-state index in [4.69, 9.17) is 4.74 Å². The molecular formula is C27H25FN4O2S. The van der Waals surface area contributed by atoms with Gasteiger partial charge in [0.05, 0.1) is 31.2 Å². The zero-order valence-electron chi connectivity index (χ0n) is 19.1. The number of rotatable bonds is 8. The molecule has 1 unspecified atom stereocenters. The predicted octanol–water partition coefficient (Wildman–Crippen LogP) is 5.27. The molecule has 0 aliphatic carbocycles. The Bertz CT molecular complexity index is 1360. The van der Waals surface area contributed by atoms with Gasteiger partial charge in [0, 0.05) is 11.4 Å². The molecule has 8 heteroatoms. The van der Waals surface area contributed by atoms with Crippen LogP contribution in [0.4, 0.5) is 10.2 Å². The Balaban J connectivity index is 1.40. The second-order valence-electron chi connectivity index (χ2n) is 8.37. The first-order valence-corrected chi connectivity index (χ1v) is 12.2. The summed E-state index contributed by atoms with van der Waals surface area (Å²) in [5.74, 6) is 0.416. The predicted molar refractivity (Wildman–Crippen MR) is 136 cm³/mol. The van der Waals surface area contributed by atoms with Gasteiger partial charge in [-0.15, -0.1) is 11.3 Å². The first-order chi connectivity index (χ1) is 17.1. The number of hydrogen-bond donors (Lipinski definition) is 1. The quantitative estimate of drug-likeness (QED) is 0.342. The summed E-state index contributed by atoms with van der Waals surface area (Å²) in [7, 11) is 0. The minimum atomic E-state index is -0.275. The monoisotopic (exact) mass is 488 g/mol. The van der Waals surface area contributed by atoms with Crippen molar-refractivity contribution in [1.29, 1.82) is 0 Å². The van der Waals surface area contributed by atoms with Crippen molar-refractivity contribution in [3.63, 3.8) is 0 Å². The van der Waals surface area contributed by atoms with E-state index < -0.39 is 0 Å². The average Bonchev–Trinajstić information content (AvgIpc) is 3.27. The maximum Gasteiger partial charge on any atom is 0.246 e. The Morgan fingerprint density at radius 2 is 2.09 bits per heavy atom. The number of carbonyl (C=O) groups is 1. The fourth-order valence-corrected chi connectivity index (χ4v) is 5.55. The highest BCUT2D eigenvalue weighted by Gasteiger charge is 2.26. The Kier molecular flexibility index (Phi) is 6.83. The summed E-state index contributed by atoms with van der Waals surface area (Å²) in [5, 5.41) is 4.58. The third-order valence-corrected chi connectivity index (χ3v) is 7.20. The number of aromatic nitrogens is 2. The van der Waals surface area contributed by atoms with Crippen LogP contribution in [0.25, 0.3) is 10.2 Å². The standard InChI is InChI=1S/C27H25FN4O2S/c1-2-24(33)32-12-11-21-23(14-32)35-27-25(21)26(29-17-30-27)31-22(19-8-4-3-5-9-19)16-34-15-18-7-6-10-20(28)13-18/h2-10,13,17,22H,1,11-12,14-16H2,(H,29,30,31). The summed E-state index contributed by atoms with van der Waals surface area (Å²) in [4.78, 5) is 25.0. The largest absolute Gasteiger partial charge is 0.374 e. The van der Waals surface area contributed by atoms with Crippen LogP contribution in [0.15, 0.2) is 73.6 Å². The normalized spacial score (nSPS) is 13.9. The molecule has 0 spiro atoms. The number of thiophene rings is 1. The van der Waals surface area contributed by atoms with Crippen molar-refractivity contribution >= 4 is 33.3 Å². The summed E-state index contributed by atoms with van der Waals surface area (Å²) < 4.78 is 19.5. The van der Waals surface area contributed by atoms with Crippen molar-refractivity contribution in [3.05, 3.63) is 101 Å². The highest BCUT2D eigenvalue weighted by Crippen LogP contribution is 2.38. The van der Waals surface area contributed by atoms with E-state index in [2.05, 4.69) is 21.9 Å². The van der Waals surface area contributed by atoms with E-state index in [0.29, 0.717) is 26.3 Å². The molecule has 1 aliphatic heterocycles. The number of hydrogen-bond acceptors (Lipinski definition) is 6. The number of ether oxygens (including phenoxy) is 1. The van der Waals surface area contributed by atoms with Crippen molar-refractivity contribution in [3.8, 4) is 0 Å². The van der Waals surface area contributed by atoms with Gasteiger partial charge in [-0.1, -0.05) is 49.0 Å². The topological polar surface area (TPSA) is 67.4 Å². The van der Waals surface area contributed by atoms with Gasteiger partial charge in [0.25, 0.3) is 0 Å². The minimum absolute atomic E-state index is 0.0582. The summed E-state index contributed by atoms with van der Waals surface area (Å²) in [6.07, 6.45) is 3.66. The summed E-state index contributed by atoms with van der Waals surface area (Å²) in [5.41, 5.74) is 3.03. The van der Waals surface area contributed by atoms with Crippen LogP contribution in [0.3, 0.4) is 0 Å². The van der Waals surface area contributed by atoms with Gasteiger partial charge in [-0.05, 0) is 41.3 Å². The summed E-state index contributed by atoms with van der Waals surface area (Å²) in [6, 6.07) is 16.3. The van der Waals surface area contributed by atoms with Crippen molar-refractivity contribution < 1.29 is 13.9 Å². The lowest BCUT2D eigenvalue weighted by Gasteiger charge is -2.26. The first kappa shape index (κ1) is 23.1.